The largest absolute Gasteiger partial charge is 0.354 e. The molecular weight excluding hydrogens is 360 g/mol. The Morgan fingerprint density at radius 2 is 1.87 bits per heavy atom. The smallest absolute Gasteiger partial charge is 0.251 e. The fourth-order valence-corrected chi connectivity index (χ4v) is 2.35. The molecular formula is C16H19BrN4O2. The molecule has 7 heteroatoms. The maximum atomic E-state index is 11.8. The van der Waals surface area contributed by atoms with Crippen LogP contribution in [0.3, 0.4) is 0 Å². The van der Waals surface area contributed by atoms with E-state index in [9.17, 15) is 9.59 Å². The topological polar surface area (TPSA) is 76.0 Å². The summed E-state index contributed by atoms with van der Waals surface area (Å²) in [5, 5.41) is 9.68. The number of hydrogen-bond donors (Lipinski definition) is 2. The van der Waals surface area contributed by atoms with E-state index in [1.807, 2.05) is 24.4 Å². The maximum absolute atomic E-state index is 11.8. The number of rotatable bonds is 8. The van der Waals surface area contributed by atoms with E-state index in [1.54, 1.807) is 23.0 Å². The molecule has 122 valence electrons. The zero-order valence-electron chi connectivity index (χ0n) is 12.7. The van der Waals surface area contributed by atoms with Gasteiger partial charge in [-0.2, -0.15) is 5.10 Å². The number of hydrogen-bond acceptors (Lipinski definition) is 3. The highest BCUT2D eigenvalue weighted by molar-refractivity contribution is 9.10. The molecule has 23 heavy (non-hydrogen) atoms. The minimum Gasteiger partial charge on any atom is -0.354 e. The number of aryl methyl sites for hydroxylation is 1. The van der Waals surface area contributed by atoms with Crippen molar-refractivity contribution >= 4 is 27.7 Å². The molecule has 0 atom stereocenters. The molecule has 1 heterocycles. The highest BCUT2D eigenvalue weighted by Gasteiger charge is 2.04. The molecule has 0 saturated heterocycles. The second-order valence-electron chi connectivity index (χ2n) is 5.00. The van der Waals surface area contributed by atoms with Crippen LogP contribution in [0.2, 0.25) is 0 Å². The van der Waals surface area contributed by atoms with Gasteiger partial charge in [0.25, 0.3) is 5.91 Å². The summed E-state index contributed by atoms with van der Waals surface area (Å²) in [6.45, 7) is 1.53. The fraction of sp³-hybridized carbons (Fsp3) is 0.312. The number of nitrogens with zero attached hydrogens (tertiary/aromatic N) is 2. The third-order valence-electron chi connectivity index (χ3n) is 3.16. The molecule has 0 saturated carbocycles. The number of carbonyl (C=O) groups is 2. The number of aromatic nitrogens is 2. The van der Waals surface area contributed by atoms with Gasteiger partial charge in [-0.3, -0.25) is 14.3 Å². The molecule has 0 aliphatic carbocycles. The average molecular weight is 379 g/mol. The van der Waals surface area contributed by atoms with Gasteiger partial charge in [-0.05, 0) is 34.5 Å². The van der Waals surface area contributed by atoms with E-state index >= 15 is 0 Å². The quantitative estimate of drug-likeness (QED) is 0.689. The second kappa shape index (κ2) is 9.09. The van der Waals surface area contributed by atoms with Crippen LogP contribution in [-0.4, -0.2) is 34.7 Å². The molecule has 0 aliphatic heterocycles. The van der Waals surface area contributed by atoms with E-state index in [2.05, 4.69) is 31.7 Å². The lowest BCUT2D eigenvalue weighted by Gasteiger charge is -2.07. The lowest BCUT2D eigenvalue weighted by molar-refractivity contribution is -0.121. The lowest BCUT2D eigenvalue weighted by Crippen LogP contribution is -2.34. The van der Waals surface area contributed by atoms with Crippen molar-refractivity contribution in [2.75, 3.05) is 13.1 Å². The van der Waals surface area contributed by atoms with Crippen molar-refractivity contribution in [3.63, 3.8) is 0 Å². The zero-order chi connectivity index (χ0) is 16.5. The number of amides is 2. The summed E-state index contributed by atoms with van der Waals surface area (Å²) in [6, 6.07) is 8.99. The Labute approximate surface area is 143 Å². The molecule has 2 amide bonds. The third-order valence-corrected chi connectivity index (χ3v) is 3.57. The molecule has 2 N–H and O–H groups in total. The SMILES string of the molecule is O=C(CCCn1cc(Br)cn1)NCCNC(=O)c1ccccc1. The van der Waals surface area contributed by atoms with Gasteiger partial charge < -0.3 is 10.6 Å². The number of halogens is 1. The summed E-state index contributed by atoms with van der Waals surface area (Å²) in [5.41, 5.74) is 0.615. The molecule has 2 aromatic rings. The summed E-state index contributed by atoms with van der Waals surface area (Å²) in [6.07, 6.45) is 4.74. The van der Waals surface area contributed by atoms with E-state index in [0.717, 1.165) is 10.9 Å². The Hall–Kier alpha value is -2.15. The fourth-order valence-electron chi connectivity index (χ4n) is 2.02. The highest BCUT2D eigenvalue weighted by Crippen LogP contribution is 2.06. The van der Waals surface area contributed by atoms with E-state index in [4.69, 9.17) is 0 Å². The molecule has 0 bridgehead atoms. The van der Waals surface area contributed by atoms with Gasteiger partial charge in [0.05, 0.1) is 10.7 Å². The third kappa shape index (κ3) is 6.23. The molecule has 0 unspecified atom stereocenters. The maximum Gasteiger partial charge on any atom is 0.251 e. The molecule has 0 radical (unpaired) electrons. The van der Waals surface area contributed by atoms with E-state index < -0.39 is 0 Å². The van der Waals surface area contributed by atoms with Crippen LogP contribution in [-0.2, 0) is 11.3 Å². The molecule has 2 rings (SSSR count). The summed E-state index contributed by atoms with van der Waals surface area (Å²) in [5.74, 6) is -0.158. The van der Waals surface area contributed by atoms with Gasteiger partial charge in [-0.15, -0.1) is 0 Å². The van der Waals surface area contributed by atoms with Crippen LogP contribution in [0.5, 0.6) is 0 Å². The van der Waals surface area contributed by atoms with Gasteiger partial charge in [-0.1, -0.05) is 18.2 Å². The van der Waals surface area contributed by atoms with Crippen molar-refractivity contribution in [1.29, 1.82) is 0 Å². The predicted octanol–water partition coefficient (Wildman–Crippen LogP) is 1.97. The first kappa shape index (κ1) is 17.2. The van der Waals surface area contributed by atoms with Crippen LogP contribution in [0.1, 0.15) is 23.2 Å². The molecule has 1 aromatic heterocycles. The predicted molar refractivity (Wildman–Crippen MR) is 90.9 cm³/mol. The number of benzene rings is 1. The lowest BCUT2D eigenvalue weighted by atomic mass is 10.2. The number of carbonyl (C=O) groups excluding carboxylic acids is 2. The van der Waals surface area contributed by atoms with E-state index in [1.165, 1.54) is 0 Å². The standard InChI is InChI=1S/C16H19BrN4O2/c17-14-11-20-21(12-14)10-4-7-15(22)18-8-9-19-16(23)13-5-2-1-3-6-13/h1-3,5-6,11-12H,4,7-10H2,(H,18,22)(H,19,23). The first-order chi connectivity index (χ1) is 11.1. The van der Waals surface area contributed by atoms with Crippen molar-refractivity contribution < 1.29 is 9.59 Å². The number of nitrogens with one attached hydrogen (secondary N) is 2. The van der Waals surface area contributed by atoms with E-state index in [0.29, 0.717) is 31.6 Å². The van der Waals surface area contributed by atoms with Crippen molar-refractivity contribution in [3.8, 4) is 0 Å². The molecule has 6 nitrogen and oxygen atoms in total. The van der Waals surface area contributed by atoms with Crippen molar-refractivity contribution in [2.24, 2.45) is 0 Å². The van der Waals surface area contributed by atoms with Gasteiger partial charge in [0, 0.05) is 37.8 Å². The second-order valence-corrected chi connectivity index (χ2v) is 5.91. The van der Waals surface area contributed by atoms with Crippen LogP contribution in [0.25, 0.3) is 0 Å². The summed E-state index contributed by atoms with van der Waals surface area (Å²) >= 11 is 3.33. The Morgan fingerprint density at radius 3 is 2.57 bits per heavy atom. The summed E-state index contributed by atoms with van der Waals surface area (Å²) in [7, 11) is 0. The monoisotopic (exact) mass is 378 g/mol. The molecule has 0 spiro atoms. The van der Waals surface area contributed by atoms with Gasteiger partial charge >= 0.3 is 0 Å². The highest BCUT2D eigenvalue weighted by atomic mass is 79.9. The normalized spacial score (nSPS) is 10.3. The van der Waals surface area contributed by atoms with Crippen molar-refractivity contribution in [2.45, 2.75) is 19.4 Å². The van der Waals surface area contributed by atoms with E-state index in [-0.39, 0.29) is 11.8 Å². The van der Waals surface area contributed by atoms with Crippen molar-refractivity contribution in [3.05, 3.63) is 52.8 Å². The Kier molecular flexibility index (Phi) is 6.80. The Morgan fingerprint density at radius 1 is 1.13 bits per heavy atom. The summed E-state index contributed by atoms with van der Waals surface area (Å²) < 4.78 is 2.72. The van der Waals surface area contributed by atoms with Crippen LogP contribution in [0.4, 0.5) is 0 Å². The average Bonchev–Trinajstić information content (AvgIpc) is 2.97. The van der Waals surface area contributed by atoms with Crippen LogP contribution in [0.15, 0.2) is 47.2 Å². The minimum atomic E-state index is -0.135. The van der Waals surface area contributed by atoms with Gasteiger partial charge in [0.15, 0.2) is 0 Å². The molecule has 1 aromatic carbocycles. The first-order valence-corrected chi connectivity index (χ1v) is 8.22. The summed E-state index contributed by atoms with van der Waals surface area (Å²) in [4.78, 5) is 23.5. The van der Waals surface area contributed by atoms with Gasteiger partial charge in [0.2, 0.25) is 5.91 Å². The molecule has 0 fully saturated rings. The Balaban J connectivity index is 1.55. The first-order valence-electron chi connectivity index (χ1n) is 7.43. The van der Waals surface area contributed by atoms with Crippen LogP contribution in [0, 0.1) is 0 Å². The van der Waals surface area contributed by atoms with Crippen LogP contribution >= 0.6 is 15.9 Å². The van der Waals surface area contributed by atoms with Crippen LogP contribution < -0.4 is 10.6 Å². The van der Waals surface area contributed by atoms with Gasteiger partial charge in [0.1, 0.15) is 0 Å². The van der Waals surface area contributed by atoms with Crippen molar-refractivity contribution in [1.82, 2.24) is 20.4 Å². The minimum absolute atomic E-state index is 0.0230. The van der Waals surface area contributed by atoms with Gasteiger partial charge in [-0.25, -0.2) is 0 Å². The molecule has 0 aliphatic rings. The Bertz CT molecular complexity index is 643. The zero-order valence-corrected chi connectivity index (χ0v) is 14.3.